The molecule has 0 unspecified atom stereocenters. The number of anilines is 3. The van der Waals surface area contributed by atoms with Gasteiger partial charge in [-0.2, -0.15) is 0 Å². The van der Waals surface area contributed by atoms with Crippen LogP contribution in [0.2, 0.25) is 0 Å². The number of benzene rings is 1. The molecule has 5 N–H and O–H groups in total. The molecule has 0 aliphatic carbocycles. The average Bonchev–Trinajstić information content (AvgIpc) is 2.44. The third-order valence-electron chi connectivity index (χ3n) is 2.66. The highest BCUT2D eigenvalue weighted by Crippen LogP contribution is 2.30. The van der Waals surface area contributed by atoms with Gasteiger partial charge in [0.25, 0.3) is 0 Å². The van der Waals surface area contributed by atoms with Crippen molar-refractivity contribution < 1.29 is 15.0 Å². The van der Waals surface area contributed by atoms with Crippen LogP contribution in [0.3, 0.4) is 0 Å². The van der Waals surface area contributed by atoms with Gasteiger partial charge < -0.3 is 26.2 Å². The number of aliphatic hydroxyl groups is 2. The van der Waals surface area contributed by atoms with Crippen LogP contribution >= 0.6 is 0 Å². The fourth-order valence-electron chi connectivity index (χ4n) is 1.81. The Labute approximate surface area is 119 Å². The molecule has 1 aromatic carbocycles. The lowest BCUT2D eigenvalue weighted by Gasteiger charge is -2.17. The first-order valence-electron chi connectivity index (χ1n) is 6.85. The van der Waals surface area contributed by atoms with Crippen molar-refractivity contribution >= 4 is 23.0 Å². The molecule has 0 spiro atoms. The van der Waals surface area contributed by atoms with Crippen LogP contribution in [0.25, 0.3) is 0 Å². The number of hydrogen-bond donors (Lipinski definition) is 5. The van der Waals surface area contributed by atoms with E-state index in [2.05, 4.69) is 16.0 Å². The van der Waals surface area contributed by atoms with Crippen molar-refractivity contribution in [1.82, 2.24) is 0 Å². The summed E-state index contributed by atoms with van der Waals surface area (Å²) in [7, 11) is 0. The van der Waals surface area contributed by atoms with Crippen molar-refractivity contribution in [2.24, 2.45) is 0 Å². The second-order valence-electron chi connectivity index (χ2n) is 4.33. The Hall–Kier alpha value is -1.79. The summed E-state index contributed by atoms with van der Waals surface area (Å²) in [4.78, 5) is 11.7. The molecule has 0 saturated carbocycles. The lowest BCUT2D eigenvalue weighted by molar-refractivity contribution is -0.116. The Morgan fingerprint density at radius 1 is 1.10 bits per heavy atom. The van der Waals surface area contributed by atoms with Crippen LogP contribution in [-0.2, 0) is 4.79 Å². The molecule has 6 nitrogen and oxygen atoms in total. The Kier molecular flexibility index (Phi) is 7.46. The van der Waals surface area contributed by atoms with E-state index in [1.165, 1.54) is 0 Å². The van der Waals surface area contributed by atoms with E-state index in [0.29, 0.717) is 25.2 Å². The van der Waals surface area contributed by atoms with Crippen molar-refractivity contribution in [2.75, 3.05) is 42.3 Å². The molecule has 0 atom stereocenters. The Balaban J connectivity index is 2.91. The molecule has 0 radical (unpaired) electrons. The fraction of sp³-hybridized carbons (Fsp3) is 0.500. The lowest BCUT2D eigenvalue weighted by atomic mass is 10.2. The Bertz CT molecular complexity index is 424. The smallest absolute Gasteiger partial charge is 0.224 e. The van der Waals surface area contributed by atoms with Crippen molar-refractivity contribution in [3.63, 3.8) is 0 Å². The van der Waals surface area contributed by atoms with Crippen molar-refractivity contribution in [2.45, 2.75) is 19.8 Å². The molecule has 1 rings (SSSR count). The molecule has 1 aromatic rings. The highest BCUT2D eigenvalue weighted by atomic mass is 16.3. The van der Waals surface area contributed by atoms with Crippen molar-refractivity contribution in [3.05, 3.63) is 18.2 Å². The number of hydrogen-bond acceptors (Lipinski definition) is 5. The molecule has 0 aromatic heterocycles. The molecule has 0 heterocycles. The summed E-state index contributed by atoms with van der Waals surface area (Å²) in [5.41, 5.74) is 2.17. The van der Waals surface area contributed by atoms with E-state index in [1.807, 2.05) is 19.1 Å². The summed E-state index contributed by atoms with van der Waals surface area (Å²) < 4.78 is 0. The van der Waals surface area contributed by atoms with E-state index in [-0.39, 0.29) is 19.1 Å². The van der Waals surface area contributed by atoms with E-state index in [4.69, 9.17) is 10.2 Å². The van der Waals surface area contributed by atoms with E-state index < -0.39 is 0 Å². The van der Waals surface area contributed by atoms with Gasteiger partial charge in [-0.1, -0.05) is 13.0 Å². The third kappa shape index (κ3) is 5.07. The van der Waals surface area contributed by atoms with E-state index >= 15 is 0 Å². The minimum Gasteiger partial charge on any atom is -0.395 e. The molecule has 0 aliphatic heterocycles. The molecular weight excluding hydrogens is 258 g/mol. The zero-order chi connectivity index (χ0) is 14.8. The van der Waals surface area contributed by atoms with Crippen LogP contribution in [0.15, 0.2) is 18.2 Å². The maximum absolute atomic E-state index is 11.7. The van der Waals surface area contributed by atoms with Crippen LogP contribution < -0.4 is 16.0 Å². The third-order valence-corrected chi connectivity index (χ3v) is 2.66. The van der Waals surface area contributed by atoms with Crippen LogP contribution in [0, 0.1) is 0 Å². The van der Waals surface area contributed by atoms with Gasteiger partial charge in [0.05, 0.1) is 30.3 Å². The largest absolute Gasteiger partial charge is 0.395 e. The zero-order valence-corrected chi connectivity index (χ0v) is 11.8. The van der Waals surface area contributed by atoms with Gasteiger partial charge in [-0.05, 0) is 18.6 Å². The van der Waals surface area contributed by atoms with Gasteiger partial charge in [0.2, 0.25) is 5.91 Å². The molecule has 0 fully saturated rings. The van der Waals surface area contributed by atoms with Gasteiger partial charge in [-0.25, -0.2) is 0 Å². The number of para-hydroxylation sites is 1. The molecule has 0 aliphatic rings. The normalized spacial score (nSPS) is 10.2. The van der Waals surface area contributed by atoms with Crippen LogP contribution in [0.5, 0.6) is 0 Å². The predicted octanol–water partition coefficient (Wildman–Crippen LogP) is 1.23. The Morgan fingerprint density at radius 2 is 1.75 bits per heavy atom. The molecule has 6 heteroatoms. The van der Waals surface area contributed by atoms with Crippen LogP contribution in [0.4, 0.5) is 17.1 Å². The molecule has 0 saturated heterocycles. The first kappa shape index (κ1) is 16.3. The van der Waals surface area contributed by atoms with Gasteiger partial charge in [0.15, 0.2) is 0 Å². The second-order valence-corrected chi connectivity index (χ2v) is 4.33. The molecule has 20 heavy (non-hydrogen) atoms. The highest BCUT2D eigenvalue weighted by Gasteiger charge is 2.10. The summed E-state index contributed by atoms with van der Waals surface area (Å²) in [5, 5.41) is 26.8. The summed E-state index contributed by atoms with van der Waals surface area (Å²) in [6.45, 7) is 2.76. The number of amides is 1. The molecule has 1 amide bonds. The SMILES string of the molecule is CCCC(=O)Nc1cccc(NCCO)c1NCCO. The lowest BCUT2D eigenvalue weighted by Crippen LogP contribution is -2.16. The van der Waals surface area contributed by atoms with E-state index in [1.54, 1.807) is 6.07 Å². The minimum atomic E-state index is -0.0427. The highest BCUT2D eigenvalue weighted by molar-refractivity contribution is 5.97. The standard InChI is InChI=1S/C14H23N3O3/c1-2-4-13(20)17-12-6-3-5-11(15-7-9-18)14(12)16-8-10-19/h3,5-6,15-16,18-19H,2,4,7-10H2,1H3,(H,17,20). The fourth-order valence-corrected chi connectivity index (χ4v) is 1.81. The van der Waals surface area contributed by atoms with Gasteiger partial charge >= 0.3 is 0 Å². The second kappa shape index (κ2) is 9.17. The minimum absolute atomic E-state index is 0.00329. The maximum atomic E-state index is 11.7. The topological polar surface area (TPSA) is 93.6 Å². The van der Waals surface area contributed by atoms with E-state index in [9.17, 15) is 4.79 Å². The zero-order valence-electron chi connectivity index (χ0n) is 11.8. The number of carbonyl (C=O) groups excluding carboxylic acids is 1. The summed E-state index contributed by atoms with van der Waals surface area (Å²) in [6.07, 6.45) is 1.25. The number of rotatable bonds is 9. The van der Waals surface area contributed by atoms with Crippen molar-refractivity contribution in [1.29, 1.82) is 0 Å². The molecular formula is C14H23N3O3. The maximum Gasteiger partial charge on any atom is 0.224 e. The van der Waals surface area contributed by atoms with Gasteiger partial charge in [0, 0.05) is 19.5 Å². The molecule has 0 bridgehead atoms. The van der Waals surface area contributed by atoms with E-state index in [0.717, 1.165) is 17.8 Å². The first-order chi connectivity index (χ1) is 9.72. The number of carbonyl (C=O) groups is 1. The van der Waals surface area contributed by atoms with Gasteiger partial charge in [-0.15, -0.1) is 0 Å². The average molecular weight is 281 g/mol. The van der Waals surface area contributed by atoms with Crippen LogP contribution in [0.1, 0.15) is 19.8 Å². The summed E-state index contributed by atoms with van der Waals surface area (Å²) in [5.74, 6) is -0.0427. The quantitative estimate of drug-likeness (QED) is 0.469. The summed E-state index contributed by atoms with van der Waals surface area (Å²) in [6, 6.07) is 5.48. The molecule has 112 valence electrons. The number of aliphatic hydroxyl groups excluding tert-OH is 2. The van der Waals surface area contributed by atoms with Crippen molar-refractivity contribution in [3.8, 4) is 0 Å². The first-order valence-corrected chi connectivity index (χ1v) is 6.85. The Morgan fingerprint density at radius 3 is 2.40 bits per heavy atom. The monoisotopic (exact) mass is 281 g/mol. The van der Waals surface area contributed by atoms with Crippen LogP contribution in [-0.4, -0.2) is 42.4 Å². The van der Waals surface area contributed by atoms with Gasteiger partial charge in [-0.3, -0.25) is 4.79 Å². The van der Waals surface area contributed by atoms with Gasteiger partial charge in [0.1, 0.15) is 0 Å². The summed E-state index contributed by atoms with van der Waals surface area (Å²) >= 11 is 0. The number of nitrogens with one attached hydrogen (secondary N) is 3. The predicted molar refractivity (Wildman–Crippen MR) is 81.1 cm³/mol.